The van der Waals surface area contributed by atoms with Crippen LogP contribution in [-0.4, -0.2) is 14.1 Å². The van der Waals surface area contributed by atoms with Crippen LogP contribution in [0.5, 0.6) is 0 Å². The summed E-state index contributed by atoms with van der Waals surface area (Å²) in [5.74, 6) is 0. The smallest absolute Gasteiger partial charge is 0.0619 e. The van der Waals surface area contributed by atoms with E-state index in [1.807, 2.05) is 12.4 Å². The Morgan fingerprint density at radius 1 is 0.386 bits per heavy atom. The van der Waals surface area contributed by atoms with Crippen molar-refractivity contribution in [2.75, 3.05) is 0 Å². The molecule has 0 radical (unpaired) electrons. The Kier molecular flexibility index (Phi) is 5.50. The van der Waals surface area contributed by atoms with E-state index < -0.39 is 0 Å². The SMILES string of the molecule is c1ccc(-c2ccc(-n3c4ccccc4c4cccc(-c5ccc6c7cnccc7n(-c7ccccc7)c6c5)c43)cc2)cc1. The molecule has 0 spiro atoms. The van der Waals surface area contributed by atoms with Crippen LogP contribution in [-0.2, 0) is 0 Å². The summed E-state index contributed by atoms with van der Waals surface area (Å²) in [4.78, 5) is 4.47. The molecule has 206 valence electrons. The van der Waals surface area contributed by atoms with Crippen LogP contribution in [0.4, 0.5) is 0 Å². The molecule has 44 heavy (non-hydrogen) atoms. The van der Waals surface area contributed by atoms with Crippen LogP contribution in [0.25, 0.3) is 77.2 Å². The van der Waals surface area contributed by atoms with E-state index in [4.69, 9.17) is 0 Å². The number of para-hydroxylation sites is 3. The van der Waals surface area contributed by atoms with Crippen LogP contribution in [0.2, 0.25) is 0 Å². The lowest BCUT2D eigenvalue weighted by Crippen LogP contribution is -1.96. The number of fused-ring (bicyclic) bond motifs is 6. The van der Waals surface area contributed by atoms with Crippen molar-refractivity contribution in [1.29, 1.82) is 0 Å². The van der Waals surface area contributed by atoms with Crippen LogP contribution < -0.4 is 0 Å². The van der Waals surface area contributed by atoms with Crippen molar-refractivity contribution in [2.24, 2.45) is 0 Å². The maximum atomic E-state index is 4.47. The van der Waals surface area contributed by atoms with Crippen molar-refractivity contribution in [2.45, 2.75) is 0 Å². The first kappa shape index (κ1) is 24.6. The molecular weight excluding hydrogens is 534 g/mol. The van der Waals surface area contributed by atoms with Crippen molar-refractivity contribution >= 4 is 43.6 Å². The molecule has 3 heteroatoms. The largest absolute Gasteiger partial charge is 0.309 e. The van der Waals surface area contributed by atoms with Gasteiger partial charge in [0.05, 0.1) is 22.1 Å². The Morgan fingerprint density at radius 2 is 1.02 bits per heavy atom. The second-order valence-electron chi connectivity index (χ2n) is 11.3. The number of aromatic nitrogens is 3. The predicted molar refractivity (Wildman–Crippen MR) is 184 cm³/mol. The van der Waals surface area contributed by atoms with Gasteiger partial charge in [0.15, 0.2) is 0 Å². The van der Waals surface area contributed by atoms with E-state index in [2.05, 4.69) is 166 Å². The highest BCUT2D eigenvalue weighted by molar-refractivity contribution is 6.15. The Morgan fingerprint density at radius 3 is 1.86 bits per heavy atom. The molecule has 9 rings (SSSR count). The van der Waals surface area contributed by atoms with Gasteiger partial charge < -0.3 is 9.13 Å². The van der Waals surface area contributed by atoms with Gasteiger partial charge in [-0.05, 0) is 59.2 Å². The van der Waals surface area contributed by atoms with Gasteiger partial charge in [0.25, 0.3) is 0 Å². The van der Waals surface area contributed by atoms with Crippen molar-refractivity contribution in [3.05, 3.63) is 164 Å². The van der Waals surface area contributed by atoms with Gasteiger partial charge in [-0.3, -0.25) is 4.98 Å². The quantitative estimate of drug-likeness (QED) is 0.210. The van der Waals surface area contributed by atoms with Crippen molar-refractivity contribution < 1.29 is 0 Å². The highest BCUT2D eigenvalue weighted by Crippen LogP contribution is 2.40. The number of hydrogen-bond donors (Lipinski definition) is 0. The monoisotopic (exact) mass is 561 g/mol. The molecule has 0 N–H and O–H groups in total. The third kappa shape index (κ3) is 3.73. The lowest BCUT2D eigenvalue weighted by Gasteiger charge is -2.13. The average Bonchev–Trinajstić information content (AvgIpc) is 3.62. The number of hydrogen-bond acceptors (Lipinski definition) is 1. The van der Waals surface area contributed by atoms with Gasteiger partial charge in [0.1, 0.15) is 0 Å². The van der Waals surface area contributed by atoms with Crippen LogP contribution >= 0.6 is 0 Å². The maximum absolute atomic E-state index is 4.47. The van der Waals surface area contributed by atoms with Crippen molar-refractivity contribution in [3.8, 4) is 33.6 Å². The molecule has 0 amide bonds. The van der Waals surface area contributed by atoms with Gasteiger partial charge in [-0.25, -0.2) is 0 Å². The van der Waals surface area contributed by atoms with Gasteiger partial charge in [-0.1, -0.05) is 109 Å². The van der Waals surface area contributed by atoms with E-state index in [1.54, 1.807) is 0 Å². The number of benzene rings is 6. The van der Waals surface area contributed by atoms with Gasteiger partial charge in [0.2, 0.25) is 0 Å². The molecule has 0 bridgehead atoms. The lowest BCUT2D eigenvalue weighted by atomic mass is 10.0. The second-order valence-corrected chi connectivity index (χ2v) is 11.3. The fourth-order valence-corrected chi connectivity index (χ4v) is 6.84. The number of rotatable bonds is 4. The zero-order valence-electron chi connectivity index (χ0n) is 23.9. The maximum Gasteiger partial charge on any atom is 0.0619 e. The molecule has 6 aromatic carbocycles. The van der Waals surface area contributed by atoms with Crippen LogP contribution in [0.1, 0.15) is 0 Å². The molecule has 0 saturated heterocycles. The number of nitrogens with zero attached hydrogens (tertiary/aromatic N) is 3. The summed E-state index contributed by atoms with van der Waals surface area (Å²) in [6, 6.07) is 54.5. The van der Waals surface area contributed by atoms with E-state index in [0.29, 0.717) is 0 Å². The highest BCUT2D eigenvalue weighted by atomic mass is 15.0. The predicted octanol–water partition coefficient (Wildman–Crippen LogP) is 10.6. The van der Waals surface area contributed by atoms with E-state index in [1.165, 1.54) is 55.0 Å². The molecule has 0 atom stereocenters. The Hall–Kier alpha value is -5.93. The molecule has 0 fully saturated rings. The minimum Gasteiger partial charge on any atom is -0.309 e. The molecule has 3 nitrogen and oxygen atoms in total. The van der Waals surface area contributed by atoms with Crippen molar-refractivity contribution in [3.63, 3.8) is 0 Å². The first-order chi connectivity index (χ1) is 21.8. The number of pyridine rings is 1. The molecule has 0 aliphatic heterocycles. The summed E-state index contributed by atoms with van der Waals surface area (Å²) < 4.78 is 4.78. The minimum atomic E-state index is 1.14. The summed E-state index contributed by atoms with van der Waals surface area (Å²) in [5.41, 5.74) is 11.8. The second kappa shape index (κ2) is 9.82. The topological polar surface area (TPSA) is 22.8 Å². The van der Waals surface area contributed by atoms with Gasteiger partial charge in [0, 0.05) is 50.9 Å². The van der Waals surface area contributed by atoms with Gasteiger partial charge >= 0.3 is 0 Å². The summed E-state index contributed by atoms with van der Waals surface area (Å²) in [7, 11) is 0. The van der Waals surface area contributed by atoms with E-state index in [9.17, 15) is 0 Å². The van der Waals surface area contributed by atoms with Gasteiger partial charge in [-0.15, -0.1) is 0 Å². The van der Waals surface area contributed by atoms with Crippen molar-refractivity contribution in [1.82, 2.24) is 14.1 Å². The molecule has 0 aliphatic carbocycles. The first-order valence-corrected chi connectivity index (χ1v) is 15.0. The third-order valence-corrected chi connectivity index (χ3v) is 8.82. The highest BCUT2D eigenvalue weighted by Gasteiger charge is 2.18. The third-order valence-electron chi connectivity index (χ3n) is 8.82. The normalized spacial score (nSPS) is 11.6. The zero-order chi connectivity index (χ0) is 29.0. The average molecular weight is 562 g/mol. The molecule has 0 aliphatic rings. The first-order valence-electron chi connectivity index (χ1n) is 15.0. The fraction of sp³-hybridized carbons (Fsp3) is 0. The lowest BCUT2D eigenvalue weighted by molar-refractivity contribution is 1.17. The Bertz CT molecular complexity index is 2470. The molecule has 0 saturated carbocycles. The van der Waals surface area contributed by atoms with E-state index in [0.717, 1.165) is 22.3 Å². The van der Waals surface area contributed by atoms with E-state index >= 15 is 0 Å². The van der Waals surface area contributed by atoms with Gasteiger partial charge in [-0.2, -0.15) is 0 Å². The van der Waals surface area contributed by atoms with Crippen LogP contribution in [0, 0.1) is 0 Å². The zero-order valence-corrected chi connectivity index (χ0v) is 23.9. The minimum absolute atomic E-state index is 1.14. The van der Waals surface area contributed by atoms with Crippen LogP contribution in [0.15, 0.2) is 164 Å². The molecule has 0 unspecified atom stereocenters. The summed E-state index contributed by atoms with van der Waals surface area (Å²) in [5, 5.41) is 4.86. The standard InChI is InChI=1S/C41H27N3/c1-3-10-28(11-4-1)29-18-21-32(22-19-29)44-38-17-8-7-14-34(38)36-16-9-15-33(41(36)44)30-20-23-35-37-27-42-25-24-39(37)43(40(35)26-30)31-12-5-2-6-13-31/h1-27H. The molecule has 9 aromatic rings. The summed E-state index contributed by atoms with van der Waals surface area (Å²) in [6.45, 7) is 0. The van der Waals surface area contributed by atoms with Crippen LogP contribution in [0.3, 0.4) is 0 Å². The summed E-state index contributed by atoms with van der Waals surface area (Å²) in [6.07, 6.45) is 3.86. The molecular formula is C41H27N3. The molecule has 3 heterocycles. The molecule has 3 aromatic heterocycles. The Labute approximate surface area is 254 Å². The summed E-state index contributed by atoms with van der Waals surface area (Å²) >= 11 is 0. The Balaban J connectivity index is 1.31. The fourth-order valence-electron chi connectivity index (χ4n) is 6.84. The van der Waals surface area contributed by atoms with E-state index in [-0.39, 0.29) is 0 Å².